The summed E-state index contributed by atoms with van der Waals surface area (Å²) in [5.41, 5.74) is 0.930. The molecule has 0 radical (unpaired) electrons. The van der Waals surface area contributed by atoms with Crippen LogP contribution in [0.4, 0.5) is 0 Å². The van der Waals surface area contributed by atoms with E-state index in [4.69, 9.17) is 5.11 Å². The van der Waals surface area contributed by atoms with E-state index in [0.29, 0.717) is 5.69 Å². The van der Waals surface area contributed by atoms with Gasteiger partial charge in [-0.3, -0.25) is 14.4 Å². The summed E-state index contributed by atoms with van der Waals surface area (Å²) in [5, 5.41) is 17.5. The first-order valence-corrected chi connectivity index (χ1v) is 8.03. The Morgan fingerprint density at radius 3 is 2.58 bits per heavy atom. The van der Waals surface area contributed by atoms with Crippen molar-refractivity contribution in [3.05, 3.63) is 65.0 Å². The van der Waals surface area contributed by atoms with E-state index >= 15 is 0 Å². The fraction of sp³-hybridized carbons (Fsp3) is 0.158. The highest BCUT2D eigenvalue weighted by Crippen LogP contribution is 2.22. The molecule has 3 aromatic rings. The zero-order valence-electron chi connectivity index (χ0n) is 14.0. The molecule has 2 N–H and O–H groups in total. The highest BCUT2D eigenvalue weighted by atomic mass is 16.4. The van der Waals surface area contributed by atoms with Crippen LogP contribution in [-0.2, 0) is 16.1 Å². The lowest BCUT2D eigenvalue weighted by Gasteiger charge is -2.11. The third kappa shape index (κ3) is 3.77. The lowest BCUT2D eigenvalue weighted by Crippen LogP contribution is -2.41. The first-order chi connectivity index (χ1) is 12.4. The number of benzene rings is 2. The first kappa shape index (κ1) is 17.3. The topological polar surface area (TPSA) is 101 Å². The molecule has 7 heteroatoms. The maximum atomic E-state index is 12.0. The number of amides is 1. The van der Waals surface area contributed by atoms with Gasteiger partial charge in [-0.25, -0.2) is 4.68 Å². The summed E-state index contributed by atoms with van der Waals surface area (Å²) >= 11 is 0. The molecule has 1 amide bonds. The fourth-order valence-electron chi connectivity index (χ4n) is 2.55. The van der Waals surface area contributed by atoms with Crippen LogP contribution in [0.5, 0.6) is 0 Å². The lowest BCUT2D eigenvalue weighted by molar-refractivity contribution is -0.141. The number of rotatable bonds is 5. The molecule has 0 saturated heterocycles. The molecule has 132 valence electrons. The molecule has 0 aliphatic heterocycles. The smallest absolute Gasteiger partial charge is 0.325 e. The van der Waals surface area contributed by atoms with E-state index < -0.39 is 23.5 Å². The predicted octanol–water partition coefficient (Wildman–Crippen LogP) is 1.65. The number of carboxylic acids is 1. The zero-order valence-corrected chi connectivity index (χ0v) is 14.0. The van der Waals surface area contributed by atoms with E-state index in [1.807, 2.05) is 42.5 Å². The van der Waals surface area contributed by atoms with Crippen molar-refractivity contribution in [1.29, 1.82) is 0 Å². The normalized spacial score (nSPS) is 11.9. The van der Waals surface area contributed by atoms with Crippen LogP contribution in [0.3, 0.4) is 0 Å². The zero-order chi connectivity index (χ0) is 18.7. The number of carbonyl (C=O) groups excluding carboxylic acids is 1. The van der Waals surface area contributed by atoms with Gasteiger partial charge in [-0.05, 0) is 29.8 Å². The quantitative estimate of drug-likeness (QED) is 0.728. The van der Waals surface area contributed by atoms with Crippen LogP contribution < -0.4 is 10.9 Å². The van der Waals surface area contributed by atoms with Crippen LogP contribution >= 0.6 is 0 Å². The minimum atomic E-state index is -1.15. The molecule has 0 unspecified atom stereocenters. The molecule has 7 nitrogen and oxygen atoms in total. The Morgan fingerprint density at radius 2 is 1.85 bits per heavy atom. The van der Waals surface area contributed by atoms with Gasteiger partial charge in [0.15, 0.2) is 0 Å². The minimum absolute atomic E-state index is 0.349. The van der Waals surface area contributed by atoms with Crippen LogP contribution in [-0.4, -0.2) is 32.8 Å². The van der Waals surface area contributed by atoms with Crippen molar-refractivity contribution < 1.29 is 14.7 Å². The highest BCUT2D eigenvalue weighted by Gasteiger charge is 2.15. The largest absolute Gasteiger partial charge is 0.480 e. The Hall–Kier alpha value is -3.48. The van der Waals surface area contributed by atoms with Crippen molar-refractivity contribution in [1.82, 2.24) is 15.1 Å². The summed E-state index contributed by atoms with van der Waals surface area (Å²) in [4.78, 5) is 34.7. The molecule has 1 atom stereocenters. The second-order valence-electron chi connectivity index (χ2n) is 5.90. The van der Waals surface area contributed by atoms with Gasteiger partial charge in [0, 0.05) is 11.6 Å². The second-order valence-corrected chi connectivity index (χ2v) is 5.90. The Labute approximate surface area is 148 Å². The Bertz CT molecular complexity index is 1040. The van der Waals surface area contributed by atoms with Gasteiger partial charge >= 0.3 is 5.97 Å². The Morgan fingerprint density at radius 1 is 1.12 bits per heavy atom. The van der Waals surface area contributed by atoms with Gasteiger partial charge in [-0.2, -0.15) is 5.10 Å². The van der Waals surface area contributed by atoms with Crippen molar-refractivity contribution in [2.45, 2.75) is 19.5 Å². The van der Waals surface area contributed by atoms with Gasteiger partial charge in [-0.15, -0.1) is 0 Å². The molecule has 1 aromatic heterocycles. The van der Waals surface area contributed by atoms with E-state index in [2.05, 4.69) is 10.4 Å². The standard InChI is InChI=1S/C19H17N3O4/c1-12(19(25)26)20-17(23)11-22-18(24)9-8-16(21-22)15-7-6-13-4-2-3-5-14(13)10-15/h2-10,12H,11H2,1H3,(H,20,23)(H,25,26)/t12-/m0/s1. The average Bonchev–Trinajstić information content (AvgIpc) is 2.63. The first-order valence-electron chi connectivity index (χ1n) is 8.03. The molecule has 0 saturated carbocycles. The molecule has 0 spiro atoms. The SMILES string of the molecule is C[C@H](NC(=O)Cn1nc(-c2ccc3ccccc3c2)ccc1=O)C(=O)O. The summed E-state index contributed by atoms with van der Waals surface area (Å²) in [6.45, 7) is 1.000. The summed E-state index contributed by atoms with van der Waals surface area (Å²) < 4.78 is 1.02. The predicted molar refractivity (Wildman–Crippen MR) is 96.7 cm³/mol. The molecule has 1 heterocycles. The molecule has 26 heavy (non-hydrogen) atoms. The number of nitrogens with zero attached hydrogens (tertiary/aromatic N) is 2. The molecule has 2 aromatic carbocycles. The Kier molecular flexibility index (Phi) is 4.79. The van der Waals surface area contributed by atoms with Gasteiger partial charge in [0.05, 0.1) is 5.69 Å². The summed E-state index contributed by atoms with van der Waals surface area (Å²) in [6, 6.07) is 15.6. The van der Waals surface area contributed by atoms with E-state index in [1.54, 1.807) is 6.07 Å². The van der Waals surface area contributed by atoms with Crippen molar-refractivity contribution in [3.8, 4) is 11.3 Å². The third-order valence-electron chi connectivity index (χ3n) is 3.95. The molecule has 0 bridgehead atoms. The van der Waals surface area contributed by atoms with Gasteiger partial charge in [0.25, 0.3) is 5.56 Å². The van der Waals surface area contributed by atoms with E-state index in [1.165, 1.54) is 13.0 Å². The lowest BCUT2D eigenvalue weighted by atomic mass is 10.1. The number of fused-ring (bicyclic) bond motifs is 1. The maximum absolute atomic E-state index is 12.0. The molecule has 0 aliphatic carbocycles. The van der Waals surface area contributed by atoms with Gasteiger partial charge in [0.2, 0.25) is 5.91 Å². The molecule has 3 rings (SSSR count). The van der Waals surface area contributed by atoms with Crippen molar-refractivity contribution in [2.75, 3.05) is 0 Å². The van der Waals surface area contributed by atoms with Gasteiger partial charge in [0.1, 0.15) is 12.6 Å². The number of carbonyl (C=O) groups is 2. The Balaban J connectivity index is 1.88. The monoisotopic (exact) mass is 351 g/mol. The van der Waals surface area contributed by atoms with E-state index in [-0.39, 0.29) is 6.54 Å². The number of hydrogen-bond donors (Lipinski definition) is 2. The summed E-state index contributed by atoms with van der Waals surface area (Å²) in [6.07, 6.45) is 0. The van der Waals surface area contributed by atoms with E-state index in [9.17, 15) is 14.4 Å². The van der Waals surface area contributed by atoms with E-state index in [0.717, 1.165) is 21.0 Å². The maximum Gasteiger partial charge on any atom is 0.325 e. The number of nitrogens with one attached hydrogen (secondary N) is 1. The van der Waals surface area contributed by atoms with Gasteiger partial charge < -0.3 is 10.4 Å². The summed E-state index contributed by atoms with van der Waals surface area (Å²) in [7, 11) is 0. The van der Waals surface area contributed by atoms with Crippen LogP contribution in [0.25, 0.3) is 22.0 Å². The highest BCUT2D eigenvalue weighted by molar-refractivity contribution is 5.86. The number of aliphatic carboxylic acids is 1. The average molecular weight is 351 g/mol. The molecule has 0 fully saturated rings. The molecular formula is C19H17N3O4. The third-order valence-corrected chi connectivity index (χ3v) is 3.95. The molecular weight excluding hydrogens is 334 g/mol. The van der Waals surface area contributed by atoms with Crippen LogP contribution in [0.15, 0.2) is 59.4 Å². The summed E-state index contributed by atoms with van der Waals surface area (Å²) in [5.74, 6) is -1.74. The number of carboxylic acid groups (broad SMARTS) is 1. The van der Waals surface area contributed by atoms with Crippen LogP contribution in [0.2, 0.25) is 0 Å². The fourth-order valence-corrected chi connectivity index (χ4v) is 2.55. The van der Waals surface area contributed by atoms with Crippen molar-refractivity contribution >= 4 is 22.6 Å². The number of hydrogen-bond acceptors (Lipinski definition) is 4. The number of aromatic nitrogens is 2. The van der Waals surface area contributed by atoms with Crippen LogP contribution in [0, 0.1) is 0 Å². The molecule has 0 aliphatic rings. The van der Waals surface area contributed by atoms with Crippen molar-refractivity contribution in [2.24, 2.45) is 0 Å². The van der Waals surface area contributed by atoms with Crippen LogP contribution in [0.1, 0.15) is 6.92 Å². The van der Waals surface area contributed by atoms with Gasteiger partial charge in [-0.1, -0.05) is 36.4 Å². The van der Waals surface area contributed by atoms with Crippen molar-refractivity contribution in [3.63, 3.8) is 0 Å². The minimum Gasteiger partial charge on any atom is -0.480 e. The second kappa shape index (κ2) is 7.18.